The van der Waals surface area contributed by atoms with Crippen molar-refractivity contribution in [1.82, 2.24) is 19.7 Å². The van der Waals surface area contributed by atoms with Crippen LogP contribution in [-0.4, -0.2) is 78.1 Å². The van der Waals surface area contributed by atoms with Crippen LogP contribution in [0.5, 0.6) is 5.88 Å². The highest BCUT2D eigenvalue weighted by Gasteiger charge is 2.30. The maximum absolute atomic E-state index is 14.7. The minimum atomic E-state index is -0.904. The van der Waals surface area contributed by atoms with Gasteiger partial charge in [0.1, 0.15) is 6.17 Å². The van der Waals surface area contributed by atoms with Gasteiger partial charge in [-0.15, -0.1) is 0 Å². The Kier molecular flexibility index (Phi) is 8.12. The number of aliphatic imine (C=N–C) groups is 1. The molecule has 0 radical (unpaired) electrons. The number of halogens is 2. The molecule has 1 fully saturated rings. The fourth-order valence-electron chi connectivity index (χ4n) is 4.70. The number of rotatable bonds is 7. The van der Waals surface area contributed by atoms with Gasteiger partial charge in [-0.25, -0.2) is 18.4 Å². The van der Waals surface area contributed by atoms with Gasteiger partial charge in [0.05, 0.1) is 43.6 Å². The Morgan fingerprint density at radius 2 is 2.17 bits per heavy atom. The number of piperidine rings is 1. The summed E-state index contributed by atoms with van der Waals surface area (Å²) in [5.41, 5.74) is 9.67. The van der Waals surface area contributed by atoms with E-state index in [0.717, 1.165) is 24.2 Å². The summed E-state index contributed by atoms with van der Waals surface area (Å²) >= 11 is 0. The average Bonchev–Trinajstić information content (AvgIpc) is 3.03. The third kappa shape index (κ3) is 5.54. The summed E-state index contributed by atoms with van der Waals surface area (Å²) in [4.78, 5) is 10.8. The zero-order valence-corrected chi connectivity index (χ0v) is 20.6. The molecule has 4 rings (SSSR count). The topological polar surface area (TPSA) is 90.8 Å². The van der Waals surface area contributed by atoms with Gasteiger partial charge in [0.15, 0.2) is 5.82 Å². The number of hydrogen-bond donors (Lipinski definition) is 1. The molecule has 1 saturated heterocycles. The average molecular weight is 489 g/mol. The summed E-state index contributed by atoms with van der Waals surface area (Å²) in [6.07, 6.45) is 5.78. The molecule has 35 heavy (non-hydrogen) atoms. The van der Waals surface area contributed by atoms with Crippen molar-refractivity contribution in [2.45, 2.75) is 45.3 Å². The predicted octanol–water partition coefficient (Wildman–Crippen LogP) is 2.97. The highest BCUT2D eigenvalue weighted by Crippen LogP contribution is 2.28. The molecule has 2 atom stereocenters. The van der Waals surface area contributed by atoms with Gasteiger partial charge in [-0.2, -0.15) is 5.10 Å². The van der Waals surface area contributed by atoms with E-state index in [1.807, 2.05) is 0 Å². The molecule has 8 nitrogen and oxygen atoms in total. The molecule has 2 aromatic heterocycles. The van der Waals surface area contributed by atoms with E-state index in [1.165, 1.54) is 25.6 Å². The molecule has 190 valence electrons. The number of likely N-dealkylation sites (tertiary alicyclic amines) is 1. The standard InChI is InChI=1S/C25H34F2N6O2/c1-16(2)32-7-4-17(22(27)15-32)12-29-13-18(11-28)24-20-5-8-35-9-6-23(20)33(31-24)19-10-21(26)25(34-3)30-14-19/h10-11,13-14,16-17,22H,4-9,12,15,28H2,1-3H3/t17-,22-/m0/s1. The Morgan fingerprint density at radius 3 is 2.86 bits per heavy atom. The van der Waals surface area contributed by atoms with Crippen LogP contribution >= 0.6 is 0 Å². The lowest BCUT2D eigenvalue weighted by Crippen LogP contribution is -2.45. The fourth-order valence-corrected chi connectivity index (χ4v) is 4.70. The summed E-state index contributed by atoms with van der Waals surface area (Å²) in [5.74, 6) is -0.756. The first kappa shape index (κ1) is 25.2. The number of pyridine rings is 1. The number of nitrogens with two attached hydrogens (primary N) is 1. The van der Waals surface area contributed by atoms with Crippen LogP contribution in [0.15, 0.2) is 23.5 Å². The third-order valence-corrected chi connectivity index (χ3v) is 6.76. The molecule has 2 aliphatic rings. The number of hydrogen-bond acceptors (Lipinski definition) is 7. The van der Waals surface area contributed by atoms with E-state index >= 15 is 0 Å². The zero-order valence-electron chi connectivity index (χ0n) is 20.6. The normalized spacial score (nSPS) is 21.9. The van der Waals surface area contributed by atoms with Crippen molar-refractivity contribution in [1.29, 1.82) is 0 Å². The second kappa shape index (κ2) is 11.3. The van der Waals surface area contributed by atoms with Crippen LogP contribution < -0.4 is 10.5 Å². The molecule has 0 saturated carbocycles. The number of alkyl halides is 1. The van der Waals surface area contributed by atoms with Gasteiger partial charge in [-0.3, -0.25) is 9.89 Å². The lowest BCUT2D eigenvalue weighted by atomic mass is 9.94. The summed E-state index contributed by atoms with van der Waals surface area (Å²) in [7, 11) is 1.37. The van der Waals surface area contributed by atoms with Crippen molar-refractivity contribution in [2.24, 2.45) is 16.6 Å². The molecule has 0 aliphatic carbocycles. The predicted molar refractivity (Wildman–Crippen MR) is 131 cm³/mol. The lowest BCUT2D eigenvalue weighted by Gasteiger charge is -2.36. The van der Waals surface area contributed by atoms with Gasteiger partial charge in [0.2, 0.25) is 5.88 Å². The Hall–Kier alpha value is -2.85. The molecule has 2 N–H and O–H groups in total. The Morgan fingerprint density at radius 1 is 1.37 bits per heavy atom. The molecule has 0 bridgehead atoms. The smallest absolute Gasteiger partial charge is 0.250 e. The monoisotopic (exact) mass is 488 g/mol. The SMILES string of the molecule is COc1ncc(-n2nc(C(C=NC[C@@H]3CCN(C(C)C)C[C@@H]3F)=CN)c3c2CCOCC3)cc1F. The number of allylic oxidation sites excluding steroid dienone is 1. The Labute approximate surface area is 204 Å². The van der Waals surface area contributed by atoms with Gasteiger partial charge in [0, 0.05) is 61.1 Å². The summed E-state index contributed by atoms with van der Waals surface area (Å²) in [6.45, 7) is 6.98. The summed E-state index contributed by atoms with van der Waals surface area (Å²) in [5, 5.41) is 4.77. The van der Waals surface area contributed by atoms with E-state index < -0.39 is 12.0 Å². The third-order valence-electron chi connectivity index (χ3n) is 6.76. The number of ether oxygens (including phenoxy) is 2. The summed E-state index contributed by atoms with van der Waals surface area (Å²) < 4.78 is 41.4. The van der Waals surface area contributed by atoms with Gasteiger partial charge in [-0.1, -0.05) is 0 Å². The first-order valence-electron chi connectivity index (χ1n) is 12.1. The van der Waals surface area contributed by atoms with Crippen LogP contribution in [0, 0.1) is 11.7 Å². The van der Waals surface area contributed by atoms with E-state index in [4.69, 9.17) is 20.3 Å². The van der Waals surface area contributed by atoms with E-state index in [-0.39, 0.29) is 11.8 Å². The molecule has 0 aromatic carbocycles. The first-order chi connectivity index (χ1) is 16.9. The molecule has 2 aliphatic heterocycles. The molecule has 0 spiro atoms. The highest BCUT2D eigenvalue weighted by molar-refractivity contribution is 6.09. The van der Waals surface area contributed by atoms with Crippen LogP contribution in [0.25, 0.3) is 11.3 Å². The number of methoxy groups -OCH3 is 1. The van der Waals surface area contributed by atoms with E-state index in [0.29, 0.717) is 62.1 Å². The molecular formula is C25H34F2N6O2. The lowest BCUT2D eigenvalue weighted by molar-refractivity contribution is 0.0692. The van der Waals surface area contributed by atoms with Gasteiger partial charge in [-0.05, 0) is 33.2 Å². The van der Waals surface area contributed by atoms with Crippen molar-refractivity contribution < 1.29 is 18.3 Å². The Balaban J connectivity index is 1.58. The number of aromatic nitrogens is 3. The second-order valence-electron chi connectivity index (χ2n) is 9.25. The van der Waals surface area contributed by atoms with Crippen molar-refractivity contribution in [3.05, 3.63) is 41.2 Å². The Bertz CT molecular complexity index is 1080. The molecule has 10 heteroatoms. The fraction of sp³-hybridized carbons (Fsp3) is 0.560. The van der Waals surface area contributed by atoms with Crippen LogP contribution in [-0.2, 0) is 17.6 Å². The van der Waals surface area contributed by atoms with Gasteiger partial charge in [0.25, 0.3) is 0 Å². The maximum Gasteiger partial charge on any atom is 0.250 e. The van der Waals surface area contributed by atoms with Gasteiger partial charge >= 0.3 is 0 Å². The van der Waals surface area contributed by atoms with E-state index in [1.54, 1.807) is 10.9 Å². The van der Waals surface area contributed by atoms with Gasteiger partial charge < -0.3 is 15.2 Å². The van der Waals surface area contributed by atoms with Crippen molar-refractivity contribution >= 4 is 11.8 Å². The molecule has 2 aromatic rings. The number of fused-ring (bicyclic) bond motifs is 1. The largest absolute Gasteiger partial charge is 0.479 e. The quantitative estimate of drug-likeness (QED) is 0.603. The molecule has 0 amide bonds. The highest BCUT2D eigenvalue weighted by atomic mass is 19.1. The minimum absolute atomic E-state index is 0.0735. The van der Waals surface area contributed by atoms with E-state index in [2.05, 4.69) is 28.7 Å². The number of nitrogens with zero attached hydrogens (tertiary/aromatic N) is 5. The second-order valence-corrected chi connectivity index (χ2v) is 9.25. The maximum atomic E-state index is 14.7. The minimum Gasteiger partial charge on any atom is -0.479 e. The zero-order chi connectivity index (χ0) is 24.9. The van der Waals surface area contributed by atoms with Crippen LogP contribution in [0.3, 0.4) is 0 Å². The molecular weight excluding hydrogens is 454 g/mol. The summed E-state index contributed by atoms with van der Waals surface area (Å²) in [6, 6.07) is 1.69. The van der Waals surface area contributed by atoms with Crippen LogP contribution in [0.4, 0.5) is 8.78 Å². The molecule has 0 unspecified atom stereocenters. The van der Waals surface area contributed by atoms with Crippen molar-refractivity contribution in [3.63, 3.8) is 0 Å². The van der Waals surface area contributed by atoms with E-state index in [9.17, 15) is 8.78 Å². The first-order valence-corrected chi connectivity index (χ1v) is 12.1. The molecule has 4 heterocycles. The van der Waals surface area contributed by atoms with Crippen LogP contribution in [0.2, 0.25) is 0 Å². The van der Waals surface area contributed by atoms with Crippen molar-refractivity contribution in [3.8, 4) is 11.6 Å². The van der Waals surface area contributed by atoms with Crippen molar-refractivity contribution in [2.75, 3.05) is 40.0 Å². The van der Waals surface area contributed by atoms with Crippen LogP contribution in [0.1, 0.15) is 37.2 Å².